The van der Waals surface area contributed by atoms with Crippen LogP contribution in [0.1, 0.15) is 22.8 Å². The topological polar surface area (TPSA) is 84.9 Å². The monoisotopic (exact) mass is 382 g/mol. The first kappa shape index (κ1) is 19.6. The highest BCUT2D eigenvalue weighted by Crippen LogP contribution is 2.17. The molecule has 0 radical (unpaired) electrons. The van der Waals surface area contributed by atoms with Crippen LogP contribution >= 0.6 is 0 Å². The van der Waals surface area contributed by atoms with Crippen LogP contribution in [0.4, 0.5) is 5.69 Å². The van der Waals surface area contributed by atoms with Crippen LogP contribution in [0, 0.1) is 0 Å². The summed E-state index contributed by atoms with van der Waals surface area (Å²) in [6.45, 7) is 2.46. The van der Waals surface area contributed by atoms with Crippen molar-refractivity contribution in [3.63, 3.8) is 0 Å². The SMILES string of the molecule is CCOC(=O)c1ccc(NC(=O)C2COCC(=O)N2Cc2ccccc2)cc1. The fourth-order valence-electron chi connectivity index (χ4n) is 2.93. The number of benzene rings is 2. The van der Waals surface area contributed by atoms with Gasteiger partial charge in [0.2, 0.25) is 11.8 Å². The molecule has 1 saturated heterocycles. The molecule has 1 fully saturated rings. The minimum Gasteiger partial charge on any atom is -0.462 e. The summed E-state index contributed by atoms with van der Waals surface area (Å²) in [5.74, 6) is -0.985. The third-order valence-electron chi connectivity index (χ3n) is 4.36. The molecule has 2 aromatic carbocycles. The van der Waals surface area contributed by atoms with Gasteiger partial charge in [0.05, 0.1) is 18.8 Å². The summed E-state index contributed by atoms with van der Waals surface area (Å²) in [6.07, 6.45) is 0. The maximum atomic E-state index is 12.8. The lowest BCUT2D eigenvalue weighted by Crippen LogP contribution is -2.54. The first-order valence-electron chi connectivity index (χ1n) is 9.07. The summed E-state index contributed by atoms with van der Waals surface area (Å²) in [6, 6.07) is 15.2. The van der Waals surface area contributed by atoms with Gasteiger partial charge in [0.15, 0.2) is 0 Å². The molecule has 0 aliphatic carbocycles. The van der Waals surface area contributed by atoms with Crippen molar-refractivity contribution >= 4 is 23.5 Å². The summed E-state index contributed by atoms with van der Waals surface area (Å²) in [7, 11) is 0. The second kappa shape index (κ2) is 9.14. The van der Waals surface area contributed by atoms with E-state index >= 15 is 0 Å². The van der Waals surface area contributed by atoms with Gasteiger partial charge in [0.25, 0.3) is 0 Å². The fourth-order valence-corrected chi connectivity index (χ4v) is 2.93. The number of rotatable bonds is 6. The molecule has 146 valence electrons. The van der Waals surface area contributed by atoms with Gasteiger partial charge in [-0.15, -0.1) is 0 Å². The van der Waals surface area contributed by atoms with Crippen LogP contribution in [0.15, 0.2) is 54.6 Å². The third kappa shape index (κ3) is 4.75. The Bertz CT molecular complexity index is 836. The summed E-state index contributed by atoms with van der Waals surface area (Å²) < 4.78 is 10.2. The minimum absolute atomic E-state index is 0.0369. The molecule has 0 spiro atoms. The average Bonchev–Trinajstić information content (AvgIpc) is 2.71. The van der Waals surface area contributed by atoms with Gasteiger partial charge in [-0.1, -0.05) is 30.3 Å². The number of nitrogens with one attached hydrogen (secondary N) is 1. The van der Waals surface area contributed by atoms with Crippen molar-refractivity contribution in [1.29, 1.82) is 0 Å². The number of amides is 2. The quantitative estimate of drug-likeness (QED) is 0.775. The van der Waals surface area contributed by atoms with E-state index in [9.17, 15) is 14.4 Å². The van der Waals surface area contributed by atoms with Crippen molar-refractivity contribution in [2.24, 2.45) is 0 Å². The number of anilines is 1. The van der Waals surface area contributed by atoms with Crippen molar-refractivity contribution in [1.82, 2.24) is 4.90 Å². The van der Waals surface area contributed by atoms with Gasteiger partial charge >= 0.3 is 5.97 Å². The number of hydrogen-bond acceptors (Lipinski definition) is 5. The second-order valence-corrected chi connectivity index (χ2v) is 6.33. The smallest absolute Gasteiger partial charge is 0.338 e. The largest absolute Gasteiger partial charge is 0.462 e. The molecule has 1 aliphatic rings. The van der Waals surface area contributed by atoms with E-state index in [1.165, 1.54) is 4.90 Å². The molecule has 28 heavy (non-hydrogen) atoms. The Morgan fingerprint density at radius 2 is 1.86 bits per heavy atom. The van der Waals surface area contributed by atoms with Gasteiger partial charge in [-0.25, -0.2) is 4.79 Å². The van der Waals surface area contributed by atoms with E-state index in [2.05, 4.69) is 5.32 Å². The standard InChI is InChI=1S/C21H22N2O5/c1-2-28-21(26)16-8-10-17(11-9-16)22-20(25)18-13-27-14-19(24)23(18)12-15-6-4-3-5-7-15/h3-11,18H,2,12-14H2,1H3,(H,22,25). The Hall–Kier alpha value is -3.19. The number of nitrogens with zero attached hydrogens (tertiary/aromatic N) is 1. The van der Waals surface area contributed by atoms with Gasteiger partial charge in [-0.05, 0) is 36.8 Å². The lowest BCUT2D eigenvalue weighted by Gasteiger charge is -2.34. The summed E-state index contributed by atoms with van der Waals surface area (Å²) >= 11 is 0. The van der Waals surface area contributed by atoms with E-state index in [1.54, 1.807) is 31.2 Å². The number of carbonyl (C=O) groups is 3. The molecule has 0 saturated carbocycles. The zero-order valence-electron chi connectivity index (χ0n) is 15.6. The van der Waals surface area contributed by atoms with Crippen LogP contribution in [0.3, 0.4) is 0 Å². The van der Waals surface area contributed by atoms with Crippen molar-refractivity contribution < 1.29 is 23.9 Å². The molecule has 0 bridgehead atoms. The van der Waals surface area contributed by atoms with Crippen molar-refractivity contribution in [2.45, 2.75) is 19.5 Å². The van der Waals surface area contributed by atoms with Crippen LogP contribution in [0.2, 0.25) is 0 Å². The van der Waals surface area contributed by atoms with Crippen LogP contribution in [0.5, 0.6) is 0 Å². The molecule has 1 N–H and O–H groups in total. The summed E-state index contributed by atoms with van der Waals surface area (Å²) in [4.78, 5) is 38.3. The van der Waals surface area contributed by atoms with Crippen LogP contribution in [-0.2, 0) is 25.6 Å². The van der Waals surface area contributed by atoms with Crippen LogP contribution in [0.25, 0.3) is 0 Å². The molecule has 1 aliphatic heterocycles. The van der Waals surface area contributed by atoms with Gasteiger partial charge in [-0.3, -0.25) is 9.59 Å². The van der Waals surface area contributed by atoms with Gasteiger partial charge in [0.1, 0.15) is 12.6 Å². The van der Waals surface area contributed by atoms with E-state index in [1.807, 2.05) is 30.3 Å². The number of carbonyl (C=O) groups excluding carboxylic acids is 3. The molecule has 3 rings (SSSR count). The number of ether oxygens (including phenoxy) is 2. The first-order chi connectivity index (χ1) is 13.6. The Morgan fingerprint density at radius 1 is 1.14 bits per heavy atom. The Kier molecular flexibility index (Phi) is 6.39. The van der Waals surface area contributed by atoms with Crippen molar-refractivity contribution in [3.8, 4) is 0 Å². The predicted octanol–water partition coefficient (Wildman–Crippen LogP) is 2.23. The molecule has 2 amide bonds. The third-order valence-corrected chi connectivity index (χ3v) is 4.36. The van der Waals surface area contributed by atoms with E-state index in [0.717, 1.165) is 5.56 Å². The highest BCUT2D eigenvalue weighted by molar-refractivity contribution is 5.98. The maximum absolute atomic E-state index is 12.8. The van der Waals surface area contributed by atoms with Crippen LogP contribution < -0.4 is 5.32 Å². The number of esters is 1. The number of hydrogen-bond donors (Lipinski definition) is 1. The lowest BCUT2D eigenvalue weighted by molar-refractivity contribution is -0.154. The summed E-state index contributed by atoms with van der Waals surface area (Å²) in [5, 5.41) is 2.78. The van der Waals surface area contributed by atoms with E-state index in [0.29, 0.717) is 24.4 Å². The molecular formula is C21H22N2O5. The molecule has 7 heteroatoms. The highest BCUT2D eigenvalue weighted by atomic mass is 16.5. The Morgan fingerprint density at radius 3 is 2.54 bits per heavy atom. The Balaban J connectivity index is 1.69. The zero-order valence-corrected chi connectivity index (χ0v) is 15.6. The normalized spacial score (nSPS) is 16.5. The molecule has 2 aromatic rings. The Labute approximate surface area is 163 Å². The predicted molar refractivity (Wildman–Crippen MR) is 103 cm³/mol. The zero-order chi connectivity index (χ0) is 19.9. The van der Waals surface area contributed by atoms with Crippen molar-refractivity contribution in [2.75, 3.05) is 25.1 Å². The molecule has 1 unspecified atom stereocenters. The van der Waals surface area contributed by atoms with Gasteiger partial charge in [0, 0.05) is 12.2 Å². The van der Waals surface area contributed by atoms with Gasteiger partial charge < -0.3 is 19.7 Å². The lowest BCUT2D eigenvalue weighted by atomic mass is 10.1. The van der Waals surface area contributed by atoms with Gasteiger partial charge in [-0.2, -0.15) is 0 Å². The van der Waals surface area contributed by atoms with Crippen molar-refractivity contribution in [3.05, 3.63) is 65.7 Å². The maximum Gasteiger partial charge on any atom is 0.338 e. The first-order valence-corrected chi connectivity index (χ1v) is 9.07. The molecular weight excluding hydrogens is 360 g/mol. The van der Waals surface area contributed by atoms with E-state index < -0.39 is 12.0 Å². The van der Waals surface area contributed by atoms with E-state index in [4.69, 9.17) is 9.47 Å². The number of morpholine rings is 1. The fraction of sp³-hybridized carbons (Fsp3) is 0.286. The van der Waals surface area contributed by atoms with Crippen LogP contribution in [-0.4, -0.2) is 48.5 Å². The van der Waals surface area contributed by atoms with E-state index in [-0.39, 0.29) is 25.0 Å². The molecule has 0 aromatic heterocycles. The minimum atomic E-state index is -0.730. The molecule has 1 atom stereocenters. The average molecular weight is 382 g/mol. The second-order valence-electron chi connectivity index (χ2n) is 6.33. The molecule has 7 nitrogen and oxygen atoms in total. The summed E-state index contributed by atoms with van der Waals surface area (Å²) in [5.41, 5.74) is 1.87. The molecule has 1 heterocycles. The highest BCUT2D eigenvalue weighted by Gasteiger charge is 2.34.